The van der Waals surface area contributed by atoms with Gasteiger partial charge in [0.05, 0.1) is 6.54 Å². The highest BCUT2D eigenvalue weighted by Crippen LogP contribution is 2.36. The van der Waals surface area contributed by atoms with Crippen molar-refractivity contribution < 1.29 is 19.1 Å². The van der Waals surface area contributed by atoms with Crippen LogP contribution in [-0.2, 0) is 16.1 Å². The Morgan fingerprint density at radius 3 is 2.56 bits per heavy atom. The third-order valence-electron chi connectivity index (χ3n) is 6.27. The van der Waals surface area contributed by atoms with Crippen molar-refractivity contribution in [2.24, 2.45) is 0 Å². The van der Waals surface area contributed by atoms with Crippen molar-refractivity contribution in [3.63, 3.8) is 0 Å². The van der Waals surface area contributed by atoms with Crippen molar-refractivity contribution >= 4 is 35.2 Å². The van der Waals surface area contributed by atoms with Gasteiger partial charge in [0.2, 0.25) is 5.91 Å². The molecule has 184 valence electrons. The normalized spacial score (nSPS) is 19.1. The number of ether oxygens (including phenoxy) is 1. The van der Waals surface area contributed by atoms with Gasteiger partial charge in [-0.1, -0.05) is 53.6 Å². The molecule has 2 atom stereocenters. The Morgan fingerprint density at radius 2 is 1.81 bits per heavy atom. The van der Waals surface area contributed by atoms with Crippen LogP contribution in [0.1, 0.15) is 46.0 Å². The molecule has 2 aliphatic rings. The minimum Gasteiger partial charge on any atom is -0.438 e. The van der Waals surface area contributed by atoms with Gasteiger partial charge >= 0.3 is 6.09 Å². The molecule has 0 radical (unpaired) electrons. The highest BCUT2D eigenvalue weighted by molar-refractivity contribution is 6.30. The first-order chi connectivity index (χ1) is 17.4. The lowest BCUT2D eigenvalue weighted by Crippen LogP contribution is -2.46. The summed E-state index contributed by atoms with van der Waals surface area (Å²) >= 11 is 6.13. The van der Waals surface area contributed by atoms with Crippen molar-refractivity contribution in [1.82, 2.24) is 10.2 Å². The Hall–Kier alpha value is -3.84. The van der Waals surface area contributed by atoms with Crippen LogP contribution < -0.4 is 10.6 Å². The van der Waals surface area contributed by atoms with Gasteiger partial charge in [0.25, 0.3) is 5.91 Å². The number of amides is 3. The molecule has 0 unspecified atom stereocenters. The lowest BCUT2D eigenvalue weighted by Gasteiger charge is -2.24. The number of benzene rings is 3. The Labute approximate surface area is 214 Å². The SMILES string of the molecule is Cc1cccc(C(=O)Nc2cccc([C@@H]3OC(=O)N(Cc4cccc(Cl)c4)[C@@H]3C(=O)NC3CC3)c2)c1. The van der Waals surface area contributed by atoms with E-state index >= 15 is 0 Å². The highest BCUT2D eigenvalue weighted by Gasteiger charge is 2.48. The van der Waals surface area contributed by atoms with Crippen LogP contribution >= 0.6 is 11.6 Å². The number of aryl methyl sites for hydroxylation is 1. The second-order valence-electron chi connectivity index (χ2n) is 9.24. The minimum absolute atomic E-state index is 0.127. The molecule has 5 rings (SSSR count). The second-order valence-corrected chi connectivity index (χ2v) is 9.68. The molecule has 2 N–H and O–H groups in total. The van der Waals surface area contributed by atoms with Gasteiger partial charge in [-0.15, -0.1) is 0 Å². The summed E-state index contributed by atoms with van der Waals surface area (Å²) in [6.07, 6.45) is 0.440. The summed E-state index contributed by atoms with van der Waals surface area (Å²) in [5.74, 6) is -0.505. The number of halogens is 1. The summed E-state index contributed by atoms with van der Waals surface area (Å²) in [6, 6.07) is 20.8. The molecule has 3 amide bonds. The number of hydrogen-bond donors (Lipinski definition) is 2. The van der Waals surface area contributed by atoms with Crippen LogP contribution in [0.4, 0.5) is 10.5 Å². The molecule has 0 aromatic heterocycles. The van der Waals surface area contributed by atoms with E-state index in [9.17, 15) is 14.4 Å². The first-order valence-electron chi connectivity index (χ1n) is 11.9. The lowest BCUT2D eigenvalue weighted by molar-refractivity contribution is -0.126. The van der Waals surface area contributed by atoms with Gasteiger partial charge in [0.15, 0.2) is 12.1 Å². The molecule has 1 heterocycles. The maximum atomic E-state index is 13.3. The average Bonchev–Trinajstić information content (AvgIpc) is 3.61. The van der Waals surface area contributed by atoms with Crippen molar-refractivity contribution in [3.8, 4) is 0 Å². The number of nitrogens with zero attached hydrogens (tertiary/aromatic N) is 1. The van der Waals surface area contributed by atoms with Crippen LogP contribution in [0.5, 0.6) is 0 Å². The standard InChI is InChI=1S/C28H26ClN3O4/c1-17-5-2-8-20(13-17)26(33)31-23-10-4-7-19(15-23)25-24(27(34)30-22-11-12-22)32(28(35)36-25)16-18-6-3-9-21(29)14-18/h2-10,13-15,22,24-25H,11-12,16H2,1H3,(H,30,34)(H,31,33)/t24-,25-/m0/s1. The van der Waals surface area contributed by atoms with Crippen molar-refractivity contribution in [3.05, 3.63) is 100 Å². The second kappa shape index (κ2) is 10.0. The molecular formula is C28H26ClN3O4. The number of carbonyl (C=O) groups excluding carboxylic acids is 3. The molecular weight excluding hydrogens is 478 g/mol. The minimum atomic E-state index is -0.861. The van der Waals surface area contributed by atoms with E-state index in [1.807, 2.05) is 31.2 Å². The quantitative estimate of drug-likeness (QED) is 0.461. The largest absolute Gasteiger partial charge is 0.438 e. The molecule has 1 saturated carbocycles. The predicted molar refractivity (Wildman–Crippen MR) is 137 cm³/mol. The number of anilines is 1. The lowest BCUT2D eigenvalue weighted by atomic mass is 10.00. The first-order valence-corrected chi connectivity index (χ1v) is 12.3. The van der Waals surface area contributed by atoms with E-state index in [-0.39, 0.29) is 24.4 Å². The van der Waals surface area contributed by atoms with Gasteiger partial charge in [-0.05, 0) is 67.3 Å². The van der Waals surface area contributed by atoms with E-state index in [0.717, 1.165) is 24.0 Å². The highest BCUT2D eigenvalue weighted by atomic mass is 35.5. The fourth-order valence-corrected chi connectivity index (χ4v) is 4.55. The van der Waals surface area contributed by atoms with Gasteiger partial charge in [0.1, 0.15) is 0 Å². The summed E-state index contributed by atoms with van der Waals surface area (Å²) < 4.78 is 5.74. The van der Waals surface area contributed by atoms with Crippen LogP contribution in [0, 0.1) is 6.92 Å². The van der Waals surface area contributed by atoms with E-state index in [1.54, 1.807) is 48.5 Å². The molecule has 36 heavy (non-hydrogen) atoms. The maximum absolute atomic E-state index is 13.3. The third-order valence-corrected chi connectivity index (χ3v) is 6.51. The Morgan fingerprint density at radius 1 is 1.03 bits per heavy atom. The first kappa shape index (κ1) is 23.9. The number of rotatable bonds is 7. The molecule has 7 nitrogen and oxygen atoms in total. The fourth-order valence-electron chi connectivity index (χ4n) is 4.34. The summed E-state index contributed by atoms with van der Waals surface area (Å²) in [7, 11) is 0. The van der Waals surface area contributed by atoms with Crippen molar-refractivity contribution in [1.29, 1.82) is 0 Å². The average molecular weight is 504 g/mol. The number of carbonyl (C=O) groups is 3. The summed E-state index contributed by atoms with van der Waals surface area (Å²) in [4.78, 5) is 40.4. The maximum Gasteiger partial charge on any atom is 0.411 e. The van der Waals surface area contributed by atoms with Gasteiger partial charge < -0.3 is 15.4 Å². The summed E-state index contributed by atoms with van der Waals surface area (Å²) in [6.45, 7) is 2.11. The van der Waals surface area contributed by atoms with Gasteiger partial charge in [-0.25, -0.2) is 4.79 Å². The third kappa shape index (κ3) is 5.36. The Kier molecular flexibility index (Phi) is 6.65. The van der Waals surface area contributed by atoms with Crippen LogP contribution in [-0.4, -0.2) is 34.9 Å². The van der Waals surface area contributed by atoms with Crippen LogP contribution in [0.3, 0.4) is 0 Å². The molecule has 1 aliphatic carbocycles. The molecule has 3 aromatic rings. The molecule has 8 heteroatoms. The number of nitrogens with one attached hydrogen (secondary N) is 2. The number of hydrogen-bond acceptors (Lipinski definition) is 4. The molecule has 0 spiro atoms. The monoisotopic (exact) mass is 503 g/mol. The van der Waals surface area contributed by atoms with E-state index in [4.69, 9.17) is 16.3 Å². The molecule has 0 bridgehead atoms. The Balaban J connectivity index is 1.41. The van der Waals surface area contributed by atoms with Crippen LogP contribution in [0.2, 0.25) is 5.02 Å². The Bertz CT molecular complexity index is 1320. The smallest absolute Gasteiger partial charge is 0.411 e. The van der Waals surface area contributed by atoms with E-state index in [0.29, 0.717) is 21.8 Å². The number of cyclic esters (lactones) is 1. The van der Waals surface area contributed by atoms with Crippen molar-refractivity contribution in [2.75, 3.05) is 5.32 Å². The zero-order valence-corrected chi connectivity index (χ0v) is 20.5. The summed E-state index contributed by atoms with van der Waals surface area (Å²) in [5.41, 5.74) is 3.49. The molecule has 2 fully saturated rings. The molecule has 1 aliphatic heterocycles. The van der Waals surface area contributed by atoms with Gasteiger partial charge in [-0.3, -0.25) is 14.5 Å². The zero-order chi connectivity index (χ0) is 25.2. The van der Waals surface area contributed by atoms with E-state index < -0.39 is 18.2 Å². The molecule has 3 aromatic carbocycles. The van der Waals surface area contributed by atoms with E-state index in [2.05, 4.69) is 10.6 Å². The van der Waals surface area contributed by atoms with Crippen molar-refractivity contribution in [2.45, 2.75) is 44.5 Å². The zero-order valence-electron chi connectivity index (χ0n) is 19.7. The van der Waals surface area contributed by atoms with Gasteiger partial charge in [0, 0.05) is 22.3 Å². The van der Waals surface area contributed by atoms with Crippen LogP contribution in [0.25, 0.3) is 0 Å². The predicted octanol–water partition coefficient (Wildman–Crippen LogP) is 5.24. The topological polar surface area (TPSA) is 87.7 Å². The van der Waals surface area contributed by atoms with Crippen LogP contribution in [0.15, 0.2) is 72.8 Å². The van der Waals surface area contributed by atoms with Gasteiger partial charge in [-0.2, -0.15) is 0 Å². The fraction of sp³-hybridized carbons (Fsp3) is 0.250. The molecule has 1 saturated heterocycles. The van der Waals surface area contributed by atoms with E-state index in [1.165, 1.54) is 4.90 Å². The summed E-state index contributed by atoms with van der Waals surface area (Å²) in [5, 5.41) is 6.45.